The Hall–Kier alpha value is -2.57. The van der Waals surface area contributed by atoms with E-state index >= 15 is 0 Å². The summed E-state index contributed by atoms with van der Waals surface area (Å²) in [4.78, 5) is 34.7. The van der Waals surface area contributed by atoms with E-state index in [2.05, 4.69) is 10.3 Å². The molecule has 7 nitrogen and oxygen atoms in total. The molecule has 2 rings (SSSR count). The maximum Gasteiger partial charge on any atom is 0.242 e. The van der Waals surface area contributed by atoms with Gasteiger partial charge in [0, 0.05) is 45.3 Å². The largest absolute Gasteiger partial charge is 0.357 e. The van der Waals surface area contributed by atoms with Crippen molar-refractivity contribution >= 4 is 23.5 Å². The molecule has 1 saturated heterocycles. The van der Waals surface area contributed by atoms with E-state index in [0.717, 1.165) is 37.2 Å². The van der Waals surface area contributed by atoms with Gasteiger partial charge in [-0.15, -0.1) is 0 Å². The predicted molar refractivity (Wildman–Crippen MR) is 118 cm³/mol. The molecule has 0 atom stereocenters. The van der Waals surface area contributed by atoms with Gasteiger partial charge in [-0.1, -0.05) is 12.1 Å². The molecule has 1 heterocycles. The molecule has 1 N–H and O–H groups in total. The fraction of sp³-hybridized carbons (Fsp3) is 0.591. The van der Waals surface area contributed by atoms with Gasteiger partial charge < -0.3 is 20.0 Å². The average Bonchev–Trinajstić information content (AvgIpc) is 2.72. The summed E-state index contributed by atoms with van der Waals surface area (Å²) in [5, 5.41) is 3.25. The first-order chi connectivity index (χ1) is 14.0. The Morgan fingerprint density at radius 1 is 1.14 bits per heavy atom. The first-order valence-corrected chi connectivity index (χ1v) is 10.7. The smallest absolute Gasteiger partial charge is 0.242 e. The highest BCUT2D eigenvalue weighted by Gasteiger charge is 2.19. The molecule has 1 aromatic rings. The summed E-state index contributed by atoms with van der Waals surface area (Å²) in [6, 6.07) is 8.03. The molecule has 0 saturated carbocycles. The number of carbonyl (C=O) groups excluding carboxylic acids is 2. The minimum Gasteiger partial charge on any atom is -0.357 e. The normalized spacial score (nSPS) is 14.7. The lowest BCUT2D eigenvalue weighted by molar-refractivity contribution is -0.131. The van der Waals surface area contributed by atoms with Crippen molar-refractivity contribution in [1.29, 1.82) is 0 Å². The highest BCUT2D eigenvalue weighted by atomic mass is 16.2. The lowest BCUT2D eigenvalue weighted by atomic mass is 10.1. The summed E-state index contributed by atoms with van der Waals surface area (Å²) < 4.78 is 0. The number of piperidine rings is 1. The first kappa shape index (κ1) is 22.7. The van der Waals surface area contributed by atoms with E-state index in [1.165, 1.54) is 0 Å². The van der Waals surface area contributed by atoms with Gasteiger partial charge in [0.2, 0.25) is 11.8 Å². The van der Waals surface area contributed by atoms with E-state index in [1.54, 1.807) is 0 Å². The van der Waals surface area contributed by atoms with Crippen LogP contribution in [0.1, 0.15) is 45.6 Å². The zero-order chi connectivity index (χ0) is 21.2. The molecule has 0 radical (unpaired) electrons. The number of guanidine groups is 1. The third-order valence-corrected chi connectivity index (χ3v) is 5.17. The van der Waals surface area contributed by atoms with E-state index in [4.69, 9.17) is 0 Å². The molecule has 0 aliphatic carbocycles. The van der Waals surface area contributed by atoms with Crippen molar-refractivity contribution in [2.45, 2.75) is 46.6 Å². The number of carbonyl (C=O) groups is 2. The number of nitrogens with zero attached hydrogens (tertiary/aromatic N) is 4. The molecule has 1 aromatic carbocycles. The Morgan fingerprint density at radius 3 is 2.41 bits per heavy atom. The molecule has 1 fully saturated rings. The highest BCUT2D eigenvalue weighted by Crippen LogP contribution is 2.21. The van der Waals surface area contributed by atoms with Crippen LogP contribution < -0.4 is 10.2 Å². The van der Waals surface area contributed by atoms with E-state index in [9.17, 15) is 9.59 Å². The van der Waals surface area contributed by atoms with Crippen molar-refractivity contribution in [1.82, 2.24) is 15.1 Å². The van der Waals surface area contributed by atoms with Gasteiger partial charge in [-0.05, 0) is 51.3 Å². The number of rotatable bonds is 8. The highest BCUT2D eigenvalue weighted by molar-refractivity contribution is 5.94. The number of amides is 2. The summed E-state index contributed by atoms with van der Waals surface area (Å²) in [5.41, 5.74) is 2.02. The van der Waals surface area contributed by atoms with E-state index in [-0.39, 0.29) is 11.8 Å². The molecular weight excluding hydrogens is 366 g/mol. The monoisotopic (exact) mass is 401 g/mol. The molecule has 2 amide bonds. The van der Waals surface area contributed by atoms with Crippen molar-refractivity contribution in [3.05, 3.63) is 29.8 Å². The minimum atomic E-state index is 0.0960. The van der Waals surface area contributed by atoms with Crippen molar-refractivity contribution in [3.63, 3.8) is 0 Å². The molecule has 1 aliphatic heterocycles. The zero-order valence-electron chi connectivity index (χ0n) is 18.3. The molecule has 1 aliphatic rings. The maximum atomic E-state index is 12.4. The zero-order valence-corrected chi connectivity index (χ0v) is 18.3. The van der Waals surface area contributed by atoms with Crippen molar-refractivity contribution < 1.29 is 9.59 Å². The second-order valence-corrected chi connectivity index (χ2v) is 7.26. The summed E-state index contributed by atoms with van der Waals surface area (Å²) in [6.45, 7) is 9.75. The Labute approximate surface area is 174 Å². The molecule has 7 heteroatoms. The van der Waals surface area contributed by atoms with Gasteiger partial charge >= 0.3 is 0 Å². The van der Waals surface area contributed by atoms with Crippen LogP contribution in [0, 0.1) is 0 Å². The predicted octanol–water partition coefficient (Wildman–Crippen LogP) is 2.47. The van der Waals surface area contributed by atoms with Crippen LogP contribution in [0.3, 0.4) is 0 Å². The van der Waals surface area contributed by atoms with Crippen LogP contribution in [0.2, 0.25) is 0 Å². The van der Waals surface area contributed by atoms with Crippen molar-refractivity contribution in [2.75, 3.05) is 44.7 Å². The van der Waals surface area contributed by atoms with Gasteiger partial charge in [0.15, 0.2) is 5.96 Å². The molecular formula is C22H35N5O2. The summed E-state index contributed by atoms with van der Waals surface area (Å²) in [7, 11) is 1.88. The average molecular weight is 402 g/mol. The van der Waals surface area contributed by atoms with Crippen LogP contribution in [0.15, 0.2) is 29.3 Å². The fourth-order valence-corrected chi connectivity index (χ4v) is 3.45. The number of anilines is 1. The SMILES string of the molecule is CCNC(=NCc1ccc(N2CCCCC2=O)cc1)N(C)CC(=O)N(CC)CC. The number of benzene rings is 1. The molecule has 160 valence electrons. The third kappa shape index (κ3) is 6.48. The van der Waals surface area contributed by atoms with Gasteiger partial charge in [-0.3, -0.25) is 9.59 Å². The Bertz CT molecular complexity index is 698. The van der Waals surface area contributed by atoms with Crippen molar-refractivity contribution in [3.8, 4) is 0 Å². The summed E-state index contributed by atoms with van der Waals surface area (Å²) >= 11 is 0. The summed E-state index contributed by atoms with van der Waals surface area (Å²) in [5.74, 6) is 1.01. The van der Waals surface area contributed by atoms with Crippen LogP contribution in [-0.2, 0) is 16.1 Å². The second-order valence-electron chi connectivity index (χ2n) is 7.26. The second kappa shape index (κ2) is 11.4. The van der Waals surface area contributed by atoms with E-state index in [0.29, 0.717) is 38.6 Å². The number of nitrogens with one attached hydrogen (secondary N) is 1. The maximum absolute atomic E-state index is 12.4. The van der Waals surface area contributed by atoms with Gasteiger partial charge in [-0.2, -0.15) is 0 Å². The molecule has 0 unspecified atom stereocenters. The summed E-state index contributed by atoms with van der Waals surface area (Å²) in [6.07, 6.45) is 2.68. The third-order valence-electron chi connectivity index (χ3n) is 5.17. The van der Waals surface area contributed by atoms with Crippen LogP contribution in [-0.4, -0.2) is 67.3 Å². The lowest BCUT2D eigenvalue weighted by Crippen LogP contribution is -2.45. The van der Waals surface area contributed by atoms with Crippen LogP contribution in [0.5, 0.6) is 0 Å². The minimum absolute atomic E-state index is 0.0960. The van der Waals surface area contributed by atoms with Gasteiger partial charge in [0.05, 0.1) is 13.1 Å². The molecule has 0 bridgehead atoms. The number of hydrogen-bond acceptors (Lipinski definition) is 3. The lowest BCUT2D eigenvalue weighted by Gasteiger charge is -2.27. The van der Waals surface area contributed by atoms with E-state index < -0.39 is 0 Å². The van der Waals surface area contributed by atoms with Gasteiger partial charge in [0.1, 0.15) is 0 Å². The quantitative estimate of drug-likeness (QED) is 0.537. The number of likely N-dealkylation sites (N-methyl/N-ethyl adjacent to an activating group) is 2. The van der Waals surface area contributed by atoms with Gasteiger partial charge in [-0.25, -0.2) is 4.99 Å². The molecule has 0 spiro atoms. The first-order valence-electron chi connectivity index (χ1n) is 10.7. The number of hydrogen-bond donors (Lipinski definition) is 1. The van der Waals surface area contributed by atoms with E-state index in [1.807, 2.05) is 66.8 Å². The van der Waals surface area contributed by atoms with Crippen LogP contribution >= 0.6 is 0 Å². The van der Waals surface area contributed by atoms with Crippen LogP contribution in [0.4, 0.5) is 5.69 Å². The Morgan fingerprint density at radius 2 is 1.83 bits per heavy atom. The fourth-order valence-electron chi connectivity index (χ4n) is 3.45. The molecule has 29 heavy (non-hydrogen) atoms. The van der Waals surface area contributed by atoms with Crippen molar-refractivity contribution in [2.24, 2.45) is 4.99 Å². The van der Waals surface area contributed by atoms with Crippen LogP contribution in [0.25, 0.3) is 0 Å². The molecule has 0 aromatic heterocycles. The number of aliphatic imine (C=N–C) groups is 1. The Kier molecular flexibility index (Phi) is 8.96. The van der Waals surface area contributed by atoms with Gasteiger partial charge in [0.25, 0.3) is 0 Å². The Balaban J connectivity index is 2.01. The standard InChI is InChI=1S/C22H35N5O2/c1-5-23-22(25(4)17-21(29)26(6-2)7-3)24-16-18-11-13-19(14-12-18)27-15-9-8-10-20(27)28/h11-14H,5-10,15-17H2,1-4H3,(H,23,24). The topological polar surface area (TPSA) is 68.2 Å².